The van der Waals surface area contributed by atoms with Gasteiger partial charge in [-0.15, -0.1) is 0 Å². The molecule has 0 saturated heterocycles. The second kappa shape index (κ2) is 5.69. The number of benzene rings is 1. The van der Waals surface area contributed by atoms with Crippen molar-refractivity contribution in [1.29, 1.82) is 5.26 Å². The lowest BCUT2D eigenvalue weighted by Gasteiger charge is -2.03. The molecule has 3 aromatic rings. The average molecular weight is 309 g/mol. The van der Waals surface area contributed by atoms with Crippen LogP contribution in [0.4, 0.5) is 5.69 Å². The van der Waals surface area contributed by atoms with Gasteiger partial charge < -0.3 is 19.5 Å². The van der Waals surface area contributed by atoms with E-state index in [0.29, 0.717) is 22.2 Å². The van der Waals surface area contributed by atoms with Crippen molar-refractivity contribution in [3.8, 4) is 6.07 Å². The Kier molecular flexibility index (Phi) is 3.57. The number of anilines is 1. The number of ether oxygens (including phenoxy) is 1. The Morgan fingerprint density at radius 3 is 2.83 bits per heavy atom. The molecule has 0 atom stereocenters. The summed E-state index contributed by atoms with van der Waals surface area (Å²) in [6.45, 7) is 0. The molecule has 7 nitrogen and oxygen atoms in total. The second-order valence-corrected chi connectivity index (χ2v) is 4.72. The molecule has 1 aromatic carbocycles. The van der Waals surface area contributed by atoms with E-state index >= 15 is 0 Å². The summed E-state index contributed by atoms with van der Waals surface area (Å²) in [6, 6.07) is 9.92. The molecule has 2 heterocycles. The van der Waals surface area contributed by atoms with Crippen LogP contribution in [0.5, 0.6) is 0 Å². The second-order valence-electron chi connectivity index (χ2n) is 4.72. The van der Waals surface area contributed by atoms with Crippen LogP contribution in [-0.4, -0.2) is 24.0 Å². The van der Waals surface area contributed by atoms with Crippen LogP contribution in [0, 0.1) is 11.3 Å². The van der Waals surface area contributed by atoms with Gasteiger partial charge in [0.2, 0.25) is 5.76 Å². The number of H-pyrrole nitrogens is 1. The number of nitrogens with one attached hydrogen (secondary N) is 2. The molecule has 114 valence electrons. The van der Waals surface area contributed by atoms with Crippen LogP contribution in [0.15, 0.2) is 40.9 Å². The Morgan fingerprint density at radius 1 is 1.30 bits per heavy atom. The summed E-state index contributed by atoms with van der Waals surface area (Å²) >= 11 is 0. The Labute approximate surface area is 130 Å². The smallest absolute Gasteiger partial charge is 0.373 e. The predicted molar refractivity (Wildman–Crippen MR) is 81.0 cm³/mol. The van der Waals surface area contributed by atoms with Gasteiger partial charge in [0.25, 0.3) is 5.91 Å². The molecule has 0 bridgehead atoms. The van der Waals surface area contributed by atoms with E-state index in [1.807, 2.05) is 6.07 Å². The van der Waals surface area contributed by atoms with E-state index in [1.165, 1.54) is 19.4 Å². The van der Waals surface area contributed by atoms with Crippen LogP contribution >= 0.6 is 0 Å². The summed E-state index contributed by atoms with van der Waals surface area (Å²) in [5.41, 5.74) is 1.70. The largest absolute Gasteiger partial charge is 0.463 e. The highest BCUT2D eigenvalue weighted by Gasteiger charge is 2.14. The van der Waals surface area contributed by atoms with E-state index in [9.17, 15) is 9.59 Å². The number of hydrogen-bond acceptors (Lipinski definition) is 5. The molecular formula is C16H11N3O4. The highest BCUT2D eigenvalue weighted by atomic mass is 16.5. The number of esters is 1. The van der Waals surface area contributed by atoms with Crippen molar-refractivity contribution in [1.82, 2.24) is 4.98 Å². The van der Waals surface area contributed by atoms with E-state index in [1.54, 1.807) is 24.3 Å². The molecule has 3 rings (SSSR count). The van der Waals surface area contributed by atoms with Crippen LogP contribution in [0.25, 0.3) is 11.0 Å². The highest BCUT2D eigenvalue weighted by molar-refractivity contribution is 6.04. The van der Waals surface area contributed by atoms with Crippen molar-refractivity contribution in [2.75, 3.05) is 12.4 Å². The SMILES string of the molecule is COC(=O)c1cc2cc(NC(=O)c3cc(C#N)c[nH]3)ccc2o1. The van der Waals surface area contributed by atoms with E-state index in [-0.39, 0.29) is 17.4 Å². The average Bonchev–Trinajstić information content (AvgIpc) is 3.20. The number of nitrogens with zero attached hydrogens (tertiary/aromatic N) is 1. The summed E-state index contributed by atoms with van der Waals surface area (Å²) in [5.74, 6) is -0.848. The van der Waals surface area contributed by atoms with Gasteiger partial charge in [0.05, 0.1) is 12.7 Å². The number of furan rings is 1. The molecule has 0 saturated carbocycles. The molecule has 1 amide bonds. The normalized spacial score (nSPS) is 10.3. The lowest BCUT2D eigenvalue weighted by Crippen LogP contribution is -2.11. The molecule has 2 N–H and O–H groups in total. The maximum atomic E-state index is 12.1. The number of hydrogen-bond donors (Lipinski definition) is 2. The molecule has 0 fully saturated rings. The fourth-order valence-electron chi connectivity index (χ4n) is 2.11. The van der Waals surface area contributed by atoms with E-state index in [2.05, 4.69) is 15.0 Å². The van der Waals surface area contributed by atoms with Gasteiger partial charge in [0, 0.05) is 17.3 Å². The summed E-state index contributed by atoms with van der Waals surface area (Å²) in [4.78, 5) is 26.3. The molecule has 0 radical (unpaired) electrons. The number of nitriles is 1. The number of methoxy groups -OCH3 is 1. The van der Waals surface area contributed by atoms with E-state index in [4.69, 9.17) is 9.68 Å². The summed E-state index contributed by atoms with van der Waals surface area (Å²) < 4.78 is 9.95. The maximum Gasteiger partial charge on any atom is 0.373 e. The minimum absolute atomic E-state index is 0.0917. The molecule has 0 aliphatic heterocycles. The Hall–Kier alpha value is -3.53. The number of aromatic amines is 1. The van der Waals surface area contributed by atoms with Crippen LogP contribution in [0.2, 0.25) is 0 Å². The van der Waals surface area contributed by atoms with E-state index in [0.717, 1.165) is 0 Å². The molecular weight excluding hydrogens is 298 g/mol. The number of amides is 1. The van der Waals surface area contributed by atoms with Crippen molar-refractivity contribution in [3.63, 3.8) is 0 Å². The molecule has 0 aliphatic carbocycles. The first kappa shape index (κ1) is 14.4. The first-order valence-corrected chi connectivity index (χ1v) is 6.62. The molecule has 0 spiro atoms. The zero-order chi connectivity index (χ0) is 16.4. The third-order valence-electron chi connectivity index (χ3n) is 3.22. The third kappa shape index (κ3) is 2.78. The predicted octanol–water partition coefficient (Wildman–Crippen LogP) is 2.67. The van der Waals surface area contributed by atoms with Gasteiger partial charge in [-0.2, -0.15) is 5.26 Å². The van der Waals surface area contributed by atoms with Crippen molar-refractivity contribution in [3.05, 3.63) is 53.5 Å². The standard InChI is InChI=1S/C16H11N3O4/c1-22-16(21)14-6-10-5-11(2-3-13(10)23-14)19-15(20)12-4-9(7-17)8-18-12/h2-6,8,18H,1H3,(H,19,20). The maximum absolute atomic E-state index is 12.1. The number of aromatic nitrogens is 1. The van der Waals surface area contributed by atoms with Gasteiger partial charge in [0.15, 0.2) is 0 Å². The summed E-state index contributed by atoms with van der Waals surface area (Å²) in [5, 5.41) is 12.1. The van der Waals surface area contributed by atoms with Gasteiger partial charge in [-0.05, 0) is 30.3 Å². The minimum Gasteiger partial charge on any atom is -0.463 e. The zero-order valence-electron chi connectivity index (χ0n) is 12.0. The minimum atomic E-state index is -0.567. The van der Waals surface area contributed by atoms with E-state index < -0.39 is 5.97 Å². The number of carbonyl (C=O) groups excluding carboxylic acids is 2. The molecule has 23 heavy (non-hydrogen) atoms. The fourth-order valence-corrected chi connectivity index (χ4v) is 2.11. The monoisotopic (exact) mass is 309 g/mol. The number of carbonyl (C=O) groups is 2. The first-order chi connectivity index (χ1) is 11.1. The molecule has 2 aromatic heterocycles. The van der Waals surface area contributed by atoms with Gasteiger partial charge in [-0.1, -0.05) is 0 Å². The van der Waals surface area contributed by atoms with Crippen molar-refractivity contribution in [2.24, 2.45) is 0 Å². The number of rotatable bonds is 3. The van der Waals surface area contributed by atoms with Crippen molar-refractivity contribution in [2.45, 2.75) is 0 Å². The molecule has 7 heteroatoms. The van der Waals surface area contributed by atoms with Gasteiger partial charge >= 0.3 is 5.97 Å². The Balaban J connectivity index is 1.84. The summed E-state index contributed by atoms with van der Waals surface area (Å²) in [7, 11) is 1.27. The Bertz CT molecular complexity index is 946. The van der Waals surface area contributed by atoms with Crippen LogP contribution in [0.3, 0.4) is 0 Å². The molecule has 0 unspecified atom stereocenters. The van der Waals surface area contributed by atoms with Crippen LogP contribution in [-0.2, 0) is 4.74 Å². The van der Waals surface area contributed by atoms with Crippen LogP contribution in [0.1, 0.15) is 26.6 Å². The van der Waals surface area contributed by atoms with Gasteiger partial charge in [-0.25, -0.2) is 4.79 Å². The van der Waals surface area contributed by atoms with Crippen LogP contribution < -0.4 is 5.32 Å². The Morgan fingerprint density at radius 2 is 2.13 bits per heavy atom. The number of fused-ring (bicyclic) bond motifs is 1. The lowest BCUT2D eigenvalue weighted by molar-refractivity contribution is 0.0567. The van der Waals surface area contributed by atoms with Gasteiger partial charge in [-0.3, -0.25) is 4.79 Å². The highest BCUT2D eigenvalue weighted by Crippen LogP contribution is 2.24. The first-order valence-electron chi connectivity index (χ1n) is 6.62. The lowest BCUT2D eigenvalue weighted by atomic mass is 10.2. The molecule has 0 aliphatic rings. The summed E-state index contributed by atoms with van der Waals surface area (Å²) in [6.07, 6.45) is 1.46. The van der Waals surface area contributed by atoms with Crippen molar-refractivity contribution >= 4 is 28.5 Å². The quantitative estimate of drug-likeness (QED) is 0.723. The fraction of sp³-hybridized carbons (Fsp3) is 0.0625. The topological polar surface area (TPSA) is 108 Å². The third-order valence-corrected chi connectivity index (χ3v) is 3.22. The van der Waals surface area contributed by atoms with Gasteiger partial charge in [0.1, 0.15) is 17.3 Å². The zero-order valence-corrected chi connectivity index (χ0v) is 12.0. The van der Waals surface area contributed by atoms with Crippen molar-refractivity contribution < 1.29 is 18.7 Å².